The van der Waals surface area contributed by atoms with Crippen molar-refractivity contribution in [3.8, 4) is 0 Å². The molecule has 0 bridgehead atoms. The maximum Gasteiger partial charge on any atom is 0.129 e. The molecule has 0 aliphatic rings. The monoisotopic (exact) mass is 294 g/mol. The molecule has 0 saturated carbocycles. The lowest BCUT2D eigenvalue weighted by Gasteiger charge is -2.19. The normalized spacial score (nSPS) is 12.4. The van der Waals surface area contributed by atoms with Crippen molar-refractivity contribution in [3.63, 3.8) is 0 Å². The Morgan fingerprint density at radius 2 is 1.95 bits per heavy atom. The van der Waals surface area contributed by atoms with Crippen LogP contribution in [-0.2, 0) is 6.42 Å². The molecule has 2 aromatic carbocycles. The number of hydrogen-bond donors (Lipinski definition) is 2. The maximum atomic E-state index is 13.7. The third-order valence-corrected chi connectivity index (χ3v) is 3.97. The van der Waals surface area contributed by atoms with Gasteiger partial charge in [0.1, 0.15) is 11.6 Å². The van der Waals surface area contributed by atoms with Crippen LogP contribution in [0.3, 0.4) is 0 Å². The molecule has 0 fully saturated rings. The molecule has 0 aliphatic carbocycles. The summed E-state index contributed by atoms with van der Waals surface area (Å²) in [5.41, 5.74) is 4.15. The zero-order chi connectivity index (χ0) is 14.5. The fourth-order valence-electron chi connectivity index (χ4n) is 2.12. The quantitative estimate of drug-likeness (QED) is 0.504. The minimum absolute atomic E-state index is 0.224. The van der Waals surface area contributed by atoms with E-state index in [0.29, 0.717) is 12.0 Å². The Morgan fingerprint density at radius 3 is 2.60 bits per heavy atom. The second kappa shape index (κ2) is 6.83. The summed E-state index contributed by atoms with van der Waals surface area (Å²) in [5, 5.41) is 0. The van der Waals surface area contributed by atoms with Gasteiger partial charge in [-0.3, -0.25) is 11.3 Å². The third kappa shape index (κ3) is 3.36. The zero-order valence-electron chi connectivity index (χ0n) is 11.1. The van der Waals surface area contributed by atoms with Crippen LogP contribution < -0.4 is 11.3 Å². The summed E-state index contributed by atoms with van der Waals surface area (Å²) in [6.07, 6.45) is 2.34. The molecule has 2 rings (SSSR count). The molecule has 1 atom stereocenters. The second-order valence-corrected chi connectivity index (χ2v) is 5.25. The third-order valence-electron chi connectivity index (χ3n) is 3.15. The number of halogens is 2. The highest BCUT2D eigenvalue weighted by Gasteiger charge is 2.16. The second-order valence-electron chi connectivity index (χ2n) is 4.40. The van der Waals surface area contributed by atoms with Crippen molar-refractivity contribution in [2.24, 2.45) is 5.84 Å². The average molecular weight is 294 g/mol. The van der Waals surface area contributed by atoms with Crippen LogP contribution in [0.15, 0.2) is 47.4 Å². The van der Waals surface area contributed by atoms with Gasteiger partial charge in [0.25, 0.3) is 0 Å². The highest BCUT2D eigenvalue weighted by atomic mass is 32.2. The predicted molar refractivity (Wildman–Crippen MR) is 78.3 cm³/mol. The number of rotatable bonds is 5. The molecule has 0 saturated heterocycles. The topological polar surface area (TPSA) is 38.0 Å². The Labute approximate surface area is 121 Å². The van der Waals surface area contributed by atoms with Crippen molar-refractivity contribution < 1.29 is 8.78 Å². The molecule has 1 unspecified atom stereocenters. The van der Waals surface area contributed by atoms with Gasteiger partial charge in [0, 0.05) is 11.0 Å². The lowest BCUT2D eigenvalue weighted by molar-refractivity contribution is 0.517. The van der Waals surface area contributed by atoms with Gasteiger partial charge in [0.05, 0.1) is 6.04 Å². The Bertz CT molecular complexity index is 590. The van der Waals surface area contributed by atoms with E-state index in [1.807, 2.05) is 30.5 Å². The zero-order valence-corrected chi connectivity index (χ0v) is 11.9. The van der Waals surface area contributed by atoms with Gasteiger partial charge in [-0.2, -0.15) is 0 Å². The van der Waals surface area contributed by atoms with Gasteiger partial charge in [-0.25, -0.2) is 8.78 Å². The van der Waals surface area contributed by atoms with E-state index in [2.05, 4.69) is 5.43 Å². The van der Waals surface area contributed by atoms with Crippen LogP contribution >= 0.6 is 11.8 Å². The van der Waals surface area contributed by atoms with E-state index in [-0.39, 0.29) is 6.04 Å². The minimum Gasteiger partial charge on any atom is -0.271 e. The van der Waals surface area contributed by atoms with Crippen molar-refractivity contribution in [2.75, 3.05) is 6.26 Å². The smallest absolute Gasteiger partial charge is 0.129 e. The molecule has 3 N–H and O–H groups in total. The first kappa shape index (κ1) is 15.0. The van der Waals surface area contributed by atoms with E-state index in [4.69, 9.17) is 5.84 Å². The molecule has 0 heterocycles. The average Bonchev–Trinajstić information content (AvgIpc) is 2.46. The molecule has 5 heteroatoms. The molecule has 0 aliphatic heterocycles. The Hall–Kier alpha value is -1.43. The lowest BCUT2D eigenvalue weighted by Crippen LogP contribution is -2.30. The summed E-state index contributed by atoms with van der Waals surface area (Å²) in [6.45, 7) is 0. The first-order valence-corrected chi connectivity index (χ1v) is 7.41. The van der Waals surface area contributed by atoms with E-state index in [1.165, 1.54) is 12.1 Å². The van der Waals surface area contributed by atoms with Crippen LogP contribution in [-0.4, -0.2) is 6.26 Å². The van der Waals surface area contributed by atoms with Gasteiger partial charge in [0.2, 0.25) is 0 Å². The fraction of sp³-hybridized carbons (Fsp3) is 0.200. The van der Waals surface area contributed by atoms with Crippen LogP contribution in [0.5, 0.6) is 0 Å². The van der Waals surface area contributed by atoms with Crippen LogP contribution in [0.4, 0.5) is 8.78 Å². The number of hydrazine groups is 1. The predicted octanol–water partition coefficient (Wildman–Crippen LogP) is 3.43. The lowest BCUT2D eigenvalue weighted by atomic mass is 9.99. The molecular formula is C15H16F2N2S. The van der Waals surface area contributed by atoms with E-state index in [1.54, 1.807) is 11.8 Å². The molecule has 0 amide bonds. The first-order chi connectivity index (χ1) is 9.65. The number of nitrogens with two attached hydrogens (primary N) is 1. The Morgan fingerprint density at radius 1 is 1.20 bits per heavy atom. The summed E-state index contributed by atoms with van der Waals surface area (Å²) in [7, 11) is 0. The summed E-state index contributed by atoms with van der Waals surface area (Å²) in [5.74, 6) is 4.48. The SMILES string of the molecule is CSc1ccccc1C(Cc1ccc(F)cc1F)NN. The minimum atomic E-state index is -0.576. The molecule has 0 aromatic heterocycles. The fourth-order valence-corrected chi connectivity index (χ4v) is 2.78. The van der Waals surface area contributed by atoms with Gasteiger partial charge in [-0.1, -0.05) is 24.3 Å². The number of benzene rings is 2. The summed E-state index contributed by atoms with van der Waals surface area (Å²) in [6, 6.07) is 11.2. The first-order valence-electron chi connectivity index (χ1n) is 6.18. The maximum absolute atomic E-state index is 13.7. The highest BCUT2D eigenvalue weighted by molar-refractivity contribution is 7.98. The van der Waals surface area contributed by atoms with Gasteiger partial charge in [-0.05, 0) is 35.9 Å². The highest BCUT2D eigenvalue weighted by Crippen LogP contribution is 2.28. The van der Waals surface area contributed by atoms with Crippen molar-refractivity contribution >= 4 is 11.8 Å². The van der Waals surface area contributed by atoms with E-state index < -0.39 is 11.6 Å². The molecule has 0 spiro atoms. The number of hydrogen-bond acceptors (Lipinski definition) is 3. The Kier molecular flexibility index (Phi) is 5.11. The number of nitrogens with one attached hydrogen (secondary N) is 1. The van der Waals surface area contributed by atoms with E-state index in [0.717, 1.165) is 16.5 Å². The Balaban J connectivity index is 2.29. The van der Waals surface area contributed by atoms with Crippen LogP contribution in [0.1, 0.15) is 17.2 Å². The van der Waals surface area contributed by atoms with Crippen LogP contribution in [0, 0.1) is 11.6 Å². The standard InChI is InChI=1S/C15H16F2N2S/c1-20-15-5-3-2-4-12(15)14(19-18)8-10-6-7-11(16)9-13(10)17/h2-7,9,14,19H,8,18H2,1H3. The number of thioether (sulfide) groups is 1. The molecular weight excluding hydrogens is 278 g/mol. The van der Waals surface area contributed by atoms with Crippen molar-refractivity contribution in [1.29, 1.82) is 0 Å². The summed E-state index contributed by atoms with van der Waals surface area (Å²) >= 11 is 1.61. The molecule has 0 radical (unpaired) electrons. The van der Waals surface area contributed by atoms with Crippen molar-refractivity contribution in [1.82, 2.24) is 5.43 Å². The molecule has 2 nitrogen and oxygen atoms in total. The largest absolute Gasteiger partial charge is 0.271 e. The van der Waals surface area contributed by atoms with Gasteiger partial charge in [0.15, 0.2) is 0 Å². The van der Waals surface area contributed by atoms with Gasteiger partial charge >= 0.3 is 0 Å². The summed E-state index contributed by atoms with van der Waals surface area (Å²) < 4.78 is 26.7. The molecule has 20 heavy (non-hydrogen) atoms. The van der Waals surface area contributed by atoms with Crippen LogP contribution in [0.25, 0.3) is 0 Å². The van der Waals surface area contributed by atoms with E-state index in [9.17, 15) is 8.78 Å². The van der Waals surface area contributed by atoms with Crippen molar-refractivity contribution in [2.45, 2.75) is 17.4 Å². The molecule has 106 valence electrons. The van der Waals surface area contributed by atoms with E-state index >= 15 is 0 Å². The van der Waals surface area contributed by atoms with Crippen molar-refractivity contribution in [3.05, 3.63) is 65.2 Å². The summed E-state index contributed by atoms with van der Waals surface area (Å²) in [4.78, 5) is 1.08. The molecule has 2 aromatic rings. The van der Waals surface area contributed by atoms with Crippen LogP contribution in [0.2, 0.25) is 0 Å². The van der Waals surface area contributed by atoms with Gasteiger partial charge in [-0.15, -0.1) is 11.8 Å². The van der Waals surface area contributed by atoms with Gasteiger partial charge < -0.3 is 0 Å².